The van der Waals surface area contributed by atoms with E-state index < -0.39 is 16.3 Å². The lowest BCUT2D eigenvalue weighted by molar-refractivity contribution is -0.154. The van der Waals surface area contributed by atoms with Crippen molar-refractivity contribution in [1.82, 2.24) is 3.97 Å². The van der Waals surface area contributed by atoms with Crippen molar-refractivity contribution in [3.63, 3.8) is 0 Å². The summed E-state index contributed by atoms with van der Waals surface area (Å²) >= 11 is 0. The maximum atomic E-state index is 12.6. The average Bonchev–Trinajstić information content (AvgIpc) is 3.19. The van der Waals surface area contributed by atoms with Gasteiger partial charge in [-0.15, -0.1) is 0 Å². The molecule has 154 valence electrons. The molecule has 0 spiro atoms. The molecule has 9 heteroatoms. The van der Waals surface area contributed by atoms with Gasteiger partial charge in [0.1, 0.15) is 0 Å². The van der Waals surface area contributed by atoms with Crippen molar-refractivity contribution >= 4 is 15.8 Å². The summed E-state index contributed by atoms with van der Waals surface area (Å²) in [5.41, 5.74) is 1.21. The Morgan fingerprint density at radius 2 is 1.68 bits per heavy atom. The Balaban J connectivity index is 2.03. The molecule has 2 rings (SSSR count). The van der Waals surface area contributed by atoms with Crippen LogP contribution >= 0.6 is 0 Å². The van der Waals surface area contributed by atoms with Gasteiger partial charge in [0.2, 0.25) is 0 Å². The molecule has 0 aliphatic rings. The first-order chi connectivity index (χ1) is 13.4. The molecule has 0 amide bonds. The van der Waals surface area contributed by atoms with Gasteiger partial charge in [-0.2, -0.15) is 0 Å². The number of rotatable bonds is 12. The van der Waals surface area contributed by atoms with Crippen molar-refractivity contribution in [2.45, 2.75) is 31.0 Å². The summed E-state index contributed by atoms with van der Waals surface area (Å²) in [5, 5.41) is 17.7. The second-order valence-corrected chi connectivity index (χ2v) is 7.97. The number of aryl methyl sites for hydroxylation is 1. The van der Waals surface area contributed by atoms with E-state index in [2.05, 4.69) is 0 Å². The van der Waals surface area contributed by atoms with Crippen LogP contribution in [0, 0.1) is 6.92 Å². The van der Waals surface area contributed by atoms with Gasteiger partial charge in [0.15, 0.2) is 12.1 Å². The number of hydrogen-bond donors (Lipinski definition) is 2. The topological polar surface area (TPSA) is 115 Å². The fraction of sp³-hybridized carbons (Fsp3) is 0.421. The van der Waals surface area contributed by atoms with Crippen LogP contribution in [0.4, 0.5) is 0 Å². The molecule has 1 aromatic heterocycles. The zero-order valence-electron chi connectivity index (χ0n) is 15.7. The summed E-state index contributed by atoms with van der Waals surface area (Å²) in [4.78, 5) is 12.5. The van der Waals surface area contributed by atoms with Gasteiger partial charge >= 0.3 is 0 Å². The van der Waals surface area contributed by atoms with E-state index in [1.165, 1.54) is 30.6 Å². The van der Waals surface area contributed by atoms with E-state index in [-0.39, 0.29) is 55.5 Å². The molecule has 1 heterocycles. The number of carbonyl (C=O) groups excluding carboxylic acids is 1. The monoisotopic (exact) mass is 411 g/mol. The Morgan fingerprint density at radius 1 is 1.07 bits per heavy atom. The van der Waals surface area contributed by atoms with Gasteiger partial charge < -0.3 is 19.7 Å². The third kappa shape index (κ3) is 5.98. The smallest absolute Gasteiger partial charge is 0.267 e. The quantitative estimate of drug-likeness (QED) is 0.400. The first kappa shape index (κ1) is 22.3. The van der Waals surface area contributed by atoms with Crippen molar-refractivity contribution in [1.29, 1.82) is 0 Å². The number of nitrogens with zero attached hydrogens (tertiary/aromatic N) is 1. The minimum absolute atomic E-state index is 0.0510. The predicted molar refractivity (Wildman–Crippen MR) is 102 cm³/mol. The zero-order valence-corrected chi connectivity index (χ0v) is 16.5. The summed E-state index contributed by atoms with van der Waals surface area (Å²) in [5.74, 6) is -0.261. The molecule has 0 unspecified atom stereocenters. The molecule has 0 radical (unpaired) electrons. The first-order valence-electron chi connectivity index (χ1n) is 8.87. The number of aromatic nitrogens is 1. The number of benzene rings is 1. The van der Waals surface area contributed by atoms with E-state index in [1.807, 2.05) is 6.92 Å². The van der Waals surface area contributed by atoms with Crippen LogP contribution in [-0.4, -0.2) is 61.1 Å². The van der Waals surface area contributed by atoms with Gasteiger partial charge in [0, 0.05) is 30.8 Å². The number of carbonyl (C=O) groups is 1. The van der Waals surface area contributed by atoms with Crippen LogP contribution in [0.25, 0.3) is 0 Å². The molecule has 0 bridgehead atoms. The molecule has 0 aliphatic heterocycles. The SMILES string of the molecule is Cc1ccc(S(=O)(=O)n2ccc(C(=O)CCC(OCCO)OCCO)c2)cc1. The Labute approximate surface area is 164 Å². The Hall–Kier alpha value is -2.04. The summed E-state index contributed by atoms with van der Waals surface area (Å²) in [6.07, 6.45) is 2.17. The Morgan fingerprint density at radius 3 is 2.25 bits per heavy atom. The van der Waals surface area contributed by atoms with E-state index >= 15 is 0 Å². The third-order valence-electron chi connectivity index (χ3n) is 3.98. The number of Topliss-reactive ketones (excluding diaryl/α,β-unsaturated/α-hetero) is 1. The highest BCUT2D eigenvalue weighted by molar-refractivity contribution is 7.90. The fourth-order valence-electron chi connectivity index (χ4n) is 2.50. The highest BCUT2D eigenvalue weighted by atomic mass is 32.2. The van der Waals surface area contributed by atoms with E-state index in [4.69, 9.17) is 19.7 Å². The van der Waals surface area contributed by atoms with Crippen molar-refractivity contribution in [3.05, 3.63) is 53.9 Å². The normalized spacial score (nSPS) is 11.9. The second-order valence-electron chi connectivity index (χ2n) is 6.13. The molecule has 0 atom stereocenters. The van der Waals surface area contributed by atoms with Crippen LogP contribution < -0.4 is 0 Å². The van der Waals surface area contributed by atoms with Crippen LogP contribution in [0.15, 0.2) is 47.6 Å². The number of ether oxygens (including phenoxy) is 2. The minimum atomic E-state index is -3.76. The van der Waals surface area contributed by atoms with Gasteiger partial charge in [-0.25, -0.2) is 12.4 Å². The maximum absolute atomic E-state index is 12.6. The van der Waals surface area contributed by atoms with Crippen LogP contribution in [0.5, 0.6) is 0 Å². The molecule has 2 N–H and O–H groups in total. The summed E-state index contributed by atoms with van der Waals surface area (Å²) in [6.45, 7) is 1.59. The number of aliphatic hydroxyl groups excluding tert-OH is 2. The number of ketones is 1. The van der Waals surface area contributed by atoms with E-state index in [0.717, 1.165) is 9.54 Å². The lowest BCUT2D eigenvalue weighted by Gasteiger charge is -2.17. The molecule has 0 saturated carbocycles. The maximum Gasteiger partial charge on any atom is 0.267 e. The van der Waals surface area contributed by atoms with Crippen LogP contribution in [0.1, 0.15) is 28.8 Å². The molecule has 0 fully saturated rings. The van der Waals surface area contributed by atoms with Crippen molar-refractivity contribution in [3.8, 4) is 0 Å². The molecule has 0 saturated heterocycles. The van der Waals surface area contributed by atoms with Crippen molar-refractivity contribution in [2.75, 3.05) is 26.4 Å². The molecular formula is C19H25NO7S. The minimum Gasteiger partial charge on any atom is -0.394 e. The number of hydrogen-bond acceptors (Lipinski definition) is 7. The fourth-order valence-corrected chi connectivity index (χ4v) is 3.70. The van der Waals surface area contributed by atoms with Gasteiger partial charge in [-0.3, -0.25) is 4.79 Å². The van der Waals surface area contributed by atoms with E-state index in [1.54, 1.807) is 12.1 Å². The lowest BCUT2D eigenvalue weighted by atomic mass is 10.1. The average molecular weight is 411 g/mol. The third-order valence-corrected chi connectivity index (χ3v) is 5.63. The highest BCUT2D eigenvalue weighted by Gasteiger charge is 2.19. The highest BCUT2D eigenvalue weighted by Crippen LogP contribution is 2.17. The van der Waals surface area contributed by atoms with Gasteiger partial charge in [0.05, 0.1) is 31.3 Å². The molecular weight excluding hydrogens is 386 g/mol. The molecule has 2 aromatic rings. The lowest BCUT2D eigenvalue weighted by Crippen LogP contribution is -2.22. The van der Waals surface area contributed by atoms with Gasteiger partial charge in [0.25, 0.3) is 10.0 Å². The van der Waals surface area contributed by atoms with Crippen molar-refractivity contribution < 1.29 is 32.9 Å². The van der Waals surface area contributed by atoms with Crippen molar-refractivity contribution in [2.24, 2.45) is 0 Å². The summed E-state index contributed by atoms with van der Waals surface area (Å²) < 4.78 is 36.9. The zero-order chi connectivity index (χ0) is 20.6. The molecule has 8 nitrogen and oxygen atoms in total. The van der Waals surface area contributed by atoms with Crippen LogP contribution in [-0.2, 0) is 19.5 Å². The molecule has 1 aromatic carbocycles. The van der Waals surface area contributed by atoms with Crippen LogP contribution in [0.2, 0.25) is 0 Å². The van der Waals surface area contributed by atoms with Gasteiger partial charge in [-0.05, 0) is 25.1 Å². The Kier molecular flexibility index (Phi) is 8.34. The Bertz CT molecular complexity index is 851. The number of aliphatic hydroxyl groups is 2. The van der Waals surface area contributed by atoms with Gasteiger partial charge in [-0.1, -0.05) is 17.7 Å². The molecule has 28 heavy (non-hydrogen) atoms. The summed E-state index contributed by atoms with van der Waals surface area (Å²) in [7, 11) is -3.76. The van der Waals surface area contributed by atoms with E-state index in [0.29, 0.717) is 0 Å². The first-order valence-corrected chi connectivity index (χ1v) is 10.3. The second kappa shape index (κ2) is 10.5. The molecule has 0 aliphatic carbocycles. The largest absolute Gasteiger partial charge is 0.394 e. The van der Waals surface area contributed by atoms with E-state index in [9.17, 15) is 13.2 Å². The predicted octanol–water partition coefficient (Wildman–Crippen LogP) is 1.34. The summed E-state index contributed by atoms with van der Waals surface area (Å²) in [6, 6.07) is 7.91. The standard InChI is InChI=1S/C19H25NO7S/c1-15-2-4-17(5-3-15)28(24,25)20-9-8-16(14-20)18(23)6-7-19(26-12-10-21)27-13-11-22/h2-5,8-9,14,19,21-22H,6-7,10-13H2,1H3. The van der Waals surface area contributed by atoms with Crippen LogP contribution in [0.3, 0.4) is 0 Å².